The third kappa shape index (κ3) is 6.83. The number of hydrogen-bond acceptors (Lipinski definition) is 6. The Morgan fingerprint density at radius 1 is 1.00 bits per heavy atom. The summed E-state index contributed by atoms with van der Waals surface area (Å²) < 4.78 is 16.0. The van der Waals surface area contributed by atoms with Gasteiger partial charge in [0.25, 0.3) is 0 Å². The van der Waals surface area contributed by atoms with Gasteiger partial charge in [0.2, 0.25) is 6.79 Å². The Kier molecular flexibility index (Phi) is 8.77. The SMILES string of the molecule is COc1ccc(C(=O)CCCCC(=O)C[C@H](C[NH+]2CCCC2)[C@H](O)c2ccc3c(c2)OCO3)cc1. The summed E-state index contributed by atoms with van der Waals surface area (Å²) in [6.07, 6.45) is 4.17. The molecule has 2 aliphatic rings. The molecule has 2 atom stereocenters. The predicted molar refractivity (Wildman–Crippen MR) is 131 cm³/mol. The highest BCUT2D eigenvalue weighted by molar-refractivity contribution is 5.96. The van der Waals surface area contributed by atoms with E-state index in [0.717, 1.165) is 30.9 Å². The Morgan fingerprint density at radius 2 is 1.71 bits per heavy atom. The van der Waals surface area contributed by atoms with E-state index in [1.54, 1.807) is 31.4 Å². The number of aliphatic hydroxyl groups excluding tert-OH is 1. The second-order valence-electron chi connectivity index (χ2n) is 9.58. The van der Waals surface area contributed by atoms with Gasteiger partial charge < -0.3 is 24.2 Å². The van der Waals surface area contributed by atoms with Crippen molar-refractivity contribution < 1.29 is 33.8 Å². The zero-order valence-electron chi connectivity index (χ0n) is 20.5. The van der Waals surface area contributed by atoms with Gasteiger partial charge in [0.1, 0.15) is 11.5 Å². The van der Waals surface area contributed by atoms with Crippen LogP contribution in [0.1, 0.15) is 67.0 Å². The van der Waals surface area contributed by atoms with E-state index < -0.39 is 6.10 Å². The number of Topliss-reactive ketones (excluding diaryl/α,β-unsaturated/α-hetero) is 2. The lowest BCUT2D eigenvalue weighted by Gasteiger charge is -2.25. The topological polar surface area (TPSA) is 86.5 Å². The van der Waals surface area contributed by atoms with E-state index in [-0.39, 0.29) is 24.3 Å². The lowest BCUT2D eigenvalue weighted by Crippen LogP contribution is -3.10. The molecule has 7 heteroatoms. The van der Waals surface area contributed by atoms with Gasteiger partial charge in [-0.05, 0) is 54.8 Å². The number of unbranched alkanes of at least 4 members (excludes halogenated alkanes) is 1. The molecule has 35 heavy (non-hydrogen) atoms. The van der Waals surface area contributed by atoms with Crippen molar-refractivity contribution in [2.75, 3.05) is 33.5 Å². The first-order valence-corrected chi connectivity index (χ1v) is 12.6. The largest absolute Gasteiger partial charge is 0.497 e. The molecule has 1 saturated heterocycles. The van der Waals surface area contributed by atoms with Crippen LogP contribution in [-0.4, -0.2) is 50.2 Å². The quantitative estimate of drug-likeness (QED) is 0.337. The fourth-order valence-electron chi connectivity index (χ4n) is 5.04. The molecule has 0 spiro atoms. The number of carbonyl (C=O) groups excluding carboxylic acids is 2. The summed E-state index contributed by atoms with van der Waals surface area (Å²) in [5, 5.41) is 11.2. The van der Waals surface area contributed by atoms with Crippen LogP contribution in [0.3, 0.4) is 0 Å². The van der Waals surface area contributed by atoms with Crippen molar-refractivity contribution in [1.29, 1.82) is 0 Å². The third-order valence-corrected chi connectivity index (χ3v) is 7.06. The fourth-order valence-corrected chi connectivity index (χ4v) is 5.04. The molecule has 2 N–H and O–H groups in total. The maximum absolute atomic E-state index is 12.9. The minimum atomic E-state index is -0.738. The van der Waals surface area contributed by atoms with E-state index in [4.69, 9.17) is 14.2 Å². The number of hydrogen-bond donors (Lipinski definition) is 2. The number of ketones is 2. The molecule has 2 aromatic carbocycles. The molecule has 188 valence electrons. The predicted octanol–water partition coefficient (Wildman–Crippen LogP) is 3.15. The number of aliphatic hydroxyl groups is 1. The van der Waals surface area contributed by atoms with Crippen molar-refractivity contribution in [1.82, 2.24) is 0 Å². The molecule has 0 unspecified atom stereocenters. The van der Waals surface area contributed by atoms with Crippen LogP contribution in [0.5, 0.6) is 17.2 Å². The number of rotatable bonds is 13. The van der Waals surface area contributed by atoms with Crippen LogP contribution in [0, 0.1) is 5.92 Å². The zero-order chi connectivity index (χ0) is 24.6. The Labute approximate surface area is 207 Å². The van der Waals surface area contributed by atoms with Gasteiger partial charge in [-0.2, -0.15) is 0 Å². The van der Waals surface area contributed by atoms with Gasteiger partial charge >= 0.3 is 0 Å². The van der Waals surface area contributed by atoms with Gasteiger partial charge in [-0.1, -0.05) is 6.07 Å². The van der Waals surface area contributed by atoms with Crippen LogP contribution in [0.15, 0.2) is 42.5 Å². The highest BCUT2D eigenvalue weighted by Gasteiger charge is 2.30. The molecule has 0 bridgehead atoms. The average molecular weight is 483 g/mol. The molecule has 2 aromatic rings. The van der Waals surface area contributed by atoms with Crippen molar-refractivity contribution >= 4 is 11.6 Å². The molecule has 0 radical (unpaired) electrons. The van der Waals surface area contributed by atoms with Crippen molar-refractivity contribution in [3.05, 3.63) is 53.6 Å². The van der Waals surface area contributed by atoms with Crippen molar-refractivity contribution in [3.8, 4) is 17.2 Å². The lowest BCUT2D eigenvalue weighted by atomic mass is 9.89. The van der Waals surface area contributed by atoms with Crippen LogP contribution in [-0.2, 0) is 4.79 Å². The second-order valence-corrected chi connectivity index (χ2v) is 9.58. The molecule has 2 heterocycles. The summed E-state index contributed by atoms with van der Waals surface area (Å²) in [5.74, 6) is 2.11. The Bertz CT molecular complexity index is 999. The summed E-state index contributed by atoms with van der Waals surface area (Å²) in [4.78, 5) is 26.7. The molecule has 0 saturated carbocycles. The maximum Gasteiger partial charge on any atom is 0.231 e. The molecular formula is C28H36NO6+. The molecule has 0 aliphatic carbocycles. The maximum atomic E-state index is 12.9. The van der Waals surface area contributed by atoms with Crippen LogP contribution in [0.2, 0.25) is 0 Å². The number of likely N-dealkylation sites (tertiary alicyclic amines) is 1. The van der Waals surface area contributed by atoms with Crippen molar-refractivity contribution in [2.45, 2.75) is 51.0 Å². The summed E-state index contributed by atoms with van der Waals surface area (Å²) >= 11 is 0. The van der Waals surface area contributed by atoms with Crippen molar-refractivity contribution in [3.63, 3.8) is 0 Å². The molecule has 7 nitrogen and oxygen atoms in total. The highest BCUT2D eigenvalue weighted by Crippen LogP contribution is 2.36. The molecular weight excluding hydrogens is 446 g/mol. The minimum Gasteiger partial charge on any atom is -0.497 e. The first-order valence-electron chi connectivity index (χ1n) is 12.6. The van der Waals surface area contributed by atoms with Gasteiger partial charge in [-0.25, -0.2) is 0 Å². The Morgan fingerprint density at radius 3 is 2.46 bits per heavy atom. The first-order chi connectivity index (χ1) is 17.0. The average Bonchev–Trinajstić information content (AvgIpc) is 3.57. The van der Waals surface area contributed by atoms with Gasteiger partial charge in [-0.15, -0.1) is 0 Å². The monoisotopic (exact) mass is 482 g/mol. The number of fused-ring (bicyclic) bond motifs is 1. The molecule has 0 aromatic heterocycles. The van der Waals surface area contributed by atoms with Crippen LogP contribution in [0.4, 0.5) is 0 Å². The van der Waals surface area contributed by atoms with Gasteiger partial charge in [0.15, 0.2) is 17.3 Å². The van der Waals surface area contributed by atoms with E-state index in [1.165, 1.54) is 17.7 Å². The van der Waals surface area contributed by atoms with Crippen LogP contribution < -0.4 is 19.1 Å². The minimum absolute atomic E-state index is 0.0776. The summed E-state index contributed by atoms with van der Waals surface area (Å²) in [6, 6.07) is 12.6. The van der Waals surface area contributed by atoms with E-state index in [1.807, 2.05) is 18.2 Å². The van der Waals surface area contributed by atoms with E-state index in [2.05, 4.69) is 0 Å². The molecule has 2 aliphatic heterocycles. The van der Waals surface area contributed by atoms with Crippen LogP contribution >= 0.6 is 0 Å². The first kappa shape index (κ1) is 25.2. The number of carbonyl (C=O) groups is 2. The smallest absolute Gasteiger partial charge is 0.231 e. The van der Waals surface area contributed by atoms with E-state index in [9.17, 15) is 14.7 Å². The molecule has 0 amide bonds. The number of methoxy groups -OCH3 is 1. The number of quaternary nitrogens is 1. The zero-order valence-corrected chi connectivity index (χ0v) is 20.5. The van der Waals surface area contributed by atoms with Gasteiger partial charge in [-0.3, -0.25) is 9.59 Å². The van der Waals surface area contributed by atoms with Crippen molar-refractivity contribution in [2.24, 2.45) is 5.92 Å². The number of ether oxygens (including phenoxy) is 3. The number of benzene rings is 2. The fraction of sp³-hybridized carbons (Fsp3) is 0.500. The molecule has 4 rings (SSSR count). The van der Waals surface area contributed by atoms with Gasteiger partial charge in [0, 0.05) is 43.6 Å². The summed E-state index contributed by atoms with van der Waals surface area (Å²) in [6.45, 7) is 3.14. The van der Waals surface area contributed by atoms with E-state index in [0.29, 0.717) is 49.2 Å². The van der Waals surface area contributed by atoms with Crippen LogP contribution in [0.25, 0.3) is 0 Å². The van der Waals surface area contributed by atoms with Gasteiger partial charge in [0.05, 0.1) is 32.8 Å². The Hall–Kier alpha value is -2.90. The highest BCUT2D eigenvalue weighted by atomic mass is 16.7. The Balaban J connectivity index is 1.28. The second kappa shape index (κ2) is 12.2. The number of nitrogens with one attached hydrogen (secondary N) is 1. The lowest BCUT2D eigenvalue weighted by molar-refractivity contribution is -0.891. The third-order valence-electron chi connectivity index (χ3n) is 7.06. The summed E-state index contributed by atoms with van der Waals surface area (Å²) in [7, 11) is 1.60. The summed E-state index contributed by atoms with van der Waals surface area (Å²) in [5.41, 5.74) is 1.42. The normalized spacial score (nSPS) is 16.7. The van der Waals surface area contributed by atoms with E-state index >= 15 is 0 Å². The standard InChI is InChI=1S/C28H35NO6/c1-33-24-11-8-20(9-12-24)25(31)7-3-2-6-23(30)16-22(18-29-14-4-5-15-29)28(32)21-10-13-26-27(17-21)35-19-34-26/h8-13,17,22,28,32H,2-7,14-16,18-19H2,1H3/p+1/t22-,28-/m1/s1. The molecule has 1 fully saturated rings.